The SMILES string of the molecule is COc1ccccc1C(=O)Nc1nc(S)cs1. The number of rotatable bonds is 3. The van der Waals surface area contributed by atoms with Gasteiger partial charge in [0.05, 0.1) is 12.7 Å². The fourth-order valence-corrected chi connectivity index (χ4v) is 2.22. The van der Waals surface area contributed by atoms with Crippen LogP contribution in [0.15, 0.2) is 34.7 Å². The highest BCUT2D eigenvalue weighted by Gasteiger charge is 2.12. The summed E-state index contributed by atoms with van der Waals surface area (Å²) in [5.41, 5.74) is 0.478. The Labute approximate surface area is 108 Å². The van der Waals surface area contributed by atoms with Crippen molar-refractivity contribution in [3.63, 3.8) is 0 Å². The Kier molecular flexibility index (Phi) is 3.65. The number of benzene rings is 1. The molecule has 1 aromatic heterocycles. The molecule has 0 bridgehead atoms. The van der Waals surface area contributed by atoms with E-state index in [1.807, 2.05) is 6.07 Å². The predicted octanol–water partition coefficient (Wildman–Crippen LogP) is 2.69. The molecule has 2 rings (SSSR count). The number of methoxy groups -OCH3 is 1. The minimum atomic E-state index is -0.245. The van der Waals surface area contributed by atoms with Crippen LogP contribution in [0.3, 0.4) is 0 Å². The maximum absolute atomic E-state index is 12.0. The number of thiazole rings is 1. The van der Waals surface area contributed by atoms with E-state index in [0.29, 0.717) is 21.5 Å². The number of amides is 1. The Morgan fingerprint density at radius 2 is 2.24 bits per heavy atom. The van der Waals surface area contributed by atoms with Gasteiger partial charge in [-0.15, -0.1) is 24.0 Å². The Bertz CT molecular complexity index is 540. The summed E-state index contributed by atoms with van der Waals surface area (Å²) < 4.78 is 5.12. The van der Waals surface area contributed by atoms with Crippen molar-refractivity contribution in [3.8, 4) is 5.75 Å². The standard InChI is InChI=1S/C11H10N2O2S2/c1-15-8-5-3-2-4-7(8)10(14)13-11-12-9(16)6-17-11/h2-6,16H,1H3,(H,12,13,14). The van der Waals surface area contributed by atoms with Gasteiger partial charge in [-0.05, 0) is 12.1 Å². The van der Waals surface area contributed by atoms with Crippen LogP contribution in [0.5, 0.6) is 5.75 Å². The molecule has 0 aliphatic rings. The quantitative estimate of drug-likeness (QED) is 0.840. The fourth-order valence-electron chi connectivity index (χ4n) is 1.32. The number of nitrogens with one attached hydrogen (secondary N) is 1. The van der Waals surface area contributed by atoms with Crippen LogP contribution in [-0.2, 0) is 0 Å². The van der Waals surface area contributed by atoms with Gasteiger partial charge < -0.3 is 4.74 Å². The van der Waals surface area contributed by atoms with Crippen molar-refractivity contribution in [2.45, 2.75) is 5.03 Å². The van der Waals surface area contributed by atoms with Gasteiger partial charge in [0, 0.05) is 5.38 Å². The van der Waals surface area contributed by atoms with E-state index in [-0.39, 0.29) is 5.91 Å². The van der Waals surface area contributed by atoms with Crippen LogP contribution in [-0.4, -0.2) is 18.0 Å². The summed E-state index contributed by atoms with van der Waals surface area (Å²) in [7, 11) is 1.53. The van der Waals surface area contributed by atoms with Crippen molar-refractivity contribution < 1.29 is 9.53 Å². The minimum absolute atomic E-state index is 0.245. The maximum atomic E-state index is 12.0. The van der Waals surface area contributed by atoms with Crippen molar-refractivity contribution in [3.05, 3.63) is 35.2 Å². The highest BCUT2D eigenvalue weighted by atomic mass is 32.1. The smallest absolute Gasteiger partial charge is 0.261 e. The number of ether oxygens (including phenoxy) is 1. The van der Waals surface area contributed by atoms with E-state index in [2.05, 4.69) is 22.9 Å². The van der Waals surface area contributed by atoms with Gasteiger partial charge in [0.1, 0.15) is 10.8 Å². The molecule has 1 heterocycles. The number of nitrogens with zero attached hydrogens (tertiary/aromatic N) is 1. The van der Waals surface area contributed by atoms with Gasteiger partial charge in [-0.25, -0.2) is 4.98 Å². The van der Waals surface area contributed by atoms with Gasteiger partial charge in [-0.2, -0.15) is 0 Å². The summed E-state index contributed by atoms with van der Waals surface area (Å²) in [6.45, 7) is 0. The predicted molar refractivity (Wildman–Crippen MR) is 70.3 cm³/mol. The van der Waals surface area contributed by atoms with Gasteiger partial charge in [-0.3, -0.25) is 10.1 Å². The Balaban J connectivity index is 2.20. The van der Waals surface area contributed by atoms with E-state index in [9.17, 15) is 4.79 Å². The summed E-state index contributed by atoms with van der Waals surface area (Å²) in [4.78, 5) is 16.0. The van der Waals surface area contributed by atoms with Gasteiger partial charge >= 0.3 is 0 Å². The molecule has 17 heavy (non-hydrogen) atoms. The molecular formula is C11H10N2O2S2. The molecule has 0 saturated carbocycles. The zero-order valence-electron chi connectivity index (χ0n) is 9.01. The van der Waals surface area contributed by atoms with Crippen LogP contribution in [0, 0.1) is 0 Å². The number of aromatic nitrogens is 1. The topological polar surface area (TPSA) is 51.2 Å². The second kappa shape index (κ2) is 5.20. The number of hydrogen-bond donors (Lipinski definition) is 2. The molecule has 0 radical (unpaired) electrons. The average Bonchev–Trinajstić information content (AvgIpc) is 2.74. The maximum Gasteiger partial charge on any atom is 0.261 e. The Morgan fingerprint density at radius 1 is 1.47 bits per heavy atom. The lowest BCUT2D eigenvalue weighted by Gasteiger charge is -2.06. The number of carbonyl (C=O) groups is 1. The molecular weight excluding hydrogens is 256 g/mol. The lowest BCUT2D eigenvalue weighted by Crippen LogP contribution is -2.12. The van der Waals surface area contributed by atoms with Crippen LogP contribution < -0.4 is 10.1 Å². The first-order valence-electron chi connectivity index (χ1n) is 4.79. The summed E-state index contributed by atoms with van der Waals surface area (Å²) >= 11 is 5.40. The van der Waals surface area contributed by atoms with Crippen molar-refractivity contribution in [1.82, 2.24) is 4.98 Å². The molecule has 0 aliphatic carbocycles. The molecule has 1 aromatic carbocycles. The molecule has 0 aliphatic heterocycles. The van der Waals surface area contributed by atoms with E-state index < -0.39 is 0 Å². The van der Waals surface area contributed by atoms with Gasteiger partial charge in [-0.1, -0.05) is 12.1 Å². The van der Waals surface area contributed by atoms with Crippen LogP contribution in [0.25, 0.3) is 0 Å². The highest BCUT2D eigenvalue weighted by molar-refractivity contribution is 7.80. The van der Waals surface area contributed by atoms with Gasteiger partial charge in [0.2, 0.25) is 0 Å². The second-order valence-corrected chi connectivity index (χ2v) is 4.48. The molecule has 0 saturated heterocycles. The number of thiol groups is 1. The highest BCUT2D eigenvalue weighted by Crippen LogP contribution is 2.21. The van der Waals surface area contributed by atoms with E-state index in [0.717, 1.165) is 0 Å². The number of hydrogen-bond acceptors (Lipinski definition) is 5. The molecule has 6 heteroatoms. The first-order chi connectivity index (χ1) is 8.20. The largest absolute Gasteiger partial charge is 0.496 e. The summed E-state index contributed by atoms with van der Waals surface area (Å²) in [5.74, 6) is 0.290. The lowest BCUT2D eigenvalue weighted by atomic mass is 10.2. The van der Waals surface area contributed by atoms with Crippen molar-refractivity contribution in [1.29, 1.82) is 0 Å². The minimum Gasteiger partial charge on any atom is -0.496 e. The van der Waals surface area contributed by atoms with Crippen molar-refractivity contribution >= 4 is 35.0 Å². The second-order valence-electron chi connectivity index (χ2n) is 3.17. The molecule has 1 N–H and O–H groups in total. The van der Waals surface area contributed by atoms with Crippen molar-refractivity contribution in [2.75, 3.05) is 12.4 Å². The molecule has 4 nitrogen and oxygen atoms in total. The first kappa shape index (κ1) is 11.9. The van der Waals surface area contributed by atoms with Crippen LogP contribution >= 0.6 is 24.0 Å². The lowest BCUT2D eigenvalue weighted by molar-refractivity contribution is 0.102. The van der Waals surface area contributed by atoms with Crippen LogP contribution in [0.4, 0.5) is 5.13 Å². The summed E-state index contributed by atoms with van der Waals surface area (Å²) in [6, 6.07) is 7.03. The van der Waals surface area contributed by atoms with Crippen LogP contribution in [0.2, 0.25) is 0 Å². The third-order valence-electron chi connectivity index (χ3n) is 2.06. The molecule has 0 spiro atoms. The zero-order valence-corrected chi connectivity index (χ0v) is 10.7. The van der Waals surface area contributed by atoms with E-state index in [4.69, 9.17) is 4.74 Å². The third-order valence-corrected chi connectivity index (χ3v) is 3.23. The molecule has 2 aromatic rings. The monoisotopic (exact) mass is 266 g/mol. The summed E-state index contributed by atoms with van der Waals surface area (Å²) in [5, 5.41) is 5.55. The zero-order chi connectivity index (χ0) is 12.3. The number of para-hydroxylation sites is 1. The molecule has 88 valence electrons. The average molecular weight is 266 g/mol. The normalized spacial score (nSPS) is 10.0. The van der Waals surface area contributed by atoms with Gasteiger partial charge in [0.15, 0.2) is 5.13 Å². The molecule has 1 amide bonds. The Hall–Kier alpha value is -1.53. The first-order valence-corrected chi connectivity index (χ1v) is 6.12. The molecule has 0 unspecified atom stereocenters. The molecule has 0 fully saturated rings. The van der Waals surface area contributed by atoms with E-state index in [1.165, 1.54) is 18.4 Å². The number of anilines is 1. The van der Waals surface area contributed by atoms with E-state index in [1.54, 1.807) is 23.6 Å². The number of carbonyl (C=O) groups excluding carboxylic acids is 1. The van der Waals surface area contributed by atoms with Crippen LogP contribution in [0.1, 0.15) is 10.4 Å². The van der Waals surface area contributed by atoms with Crippen molar-refractivity contribution in [2.24, 2.45) is 0 Å². The Morgan fingerprint density at radius 3 is 2.88 bits per heavy atom. The molecule has 0 atom stereocenters. The summed E-state index contributed by atoms with van der Waals surface area (Å²) in [6.07, 6.45) is 0. The van der Waals surface area contributed by atoms with E-state index >= 15 is 0 Å². The van der Waals surface area contributed by atoms with Gasteiger partial charge in [0.25, 0.3) is 5.91 Å². The third kappa shape index (κ3) is 2.78. The fraction of sp³-hybridized carbons (Fsp3) is 0.0909.